The van der Waals surface area contributed by atoms with Gasteiger partial charge in [-0.2, -0.15) is 21.6 Å². The molecule has 4 rings (SSSR count). The molecular formula is C19H10ClF3IO3S+. The molecule has 0 saturated carbocycles. The molecule has 28 heavy (non-hydrogen) atoms. The van der Waals surface area contributed by atoms with Crippen molar-refractivity contribution in [3.8, 4) is 22.3 Å². The molecule has 0 heterocycles. The largest absolute Gasteiger partial charge is 0.543 e. The molecule has 1 aliphatic carbocycles. The van der Waals surface area contributed by atoms with E-state index < -0.39 is 48.4 Å². The Hall–Kier alpha value is -1.62. The third kappa shape index (κ3) is 3.32. The summed E-state index contributed by atoms with van der Waals surface area (Å²) in [6, 6.07) is 15.0. The van der Waals surface area contributed by atoms with E-state index in [0.717, 1.165) is 34.4 Å². The number of rotatable bonds is 4. The van der Waals surface area contributed by atoms with Crippen LogP contribution in [0.15, 0.2) is 65.6 Å². The smallest absolute Gasteiger partial charge is 0.190 e. The summed E-state index contributed by atoms with van der Waals surface area (Å²) in [4.78, 5) is -0.895. The molecule has 144 valence electrons. The Labute approximate surface area is 175 Å². The molecule has 0 spiro atoms. The minimum absolute atomic E-state index is 0.334. The molecule has 0 radical (unpaired) electrons. The third-order valence-corrected chi connectivity index (χ3v) is 9.51. The fourth-order valence-electron chi connectivity index (χ4n) is 3.01. The topological polar surface area (TPSA) is 43.4 Å². The molecule has 3 aromatic carbocycles. The fourth-order valence-corrected chi connectivity index (χ4v) is 7.30. The first-order chi connectivity index (χ1) is 13.2. The van der Waals surface area contributed by atoms with Gasteiger partial charge in [0, 0.05) is 5.56 Å². The van der Waals surface area contributed by atoms with Crippen molar-refractivity contribution < 1.29 is 45.7 Å². The van der Waals surface area contributed by atoms with Crippen LogP contribution in [0.4, 0.5) is 13.2 Å². The fraction of sp³-hybridized carbons (Fsp3) is 0.0526. The number of benzene rings is 3. The summed E-state index contributed by atoms with van der Waals surface area (Å²) in [6.45, 7) is 0. The Morgan fingerprint density at radius 2 is 1.50 bits per heavy atom. The highest BCUT2D eigenvalue weighted by molar-refractivity contribution is 7.86. The average molecular weight is 538 g/mol. The van der Waals surface area contributed by atoms with Crippen molar-refractivity contribution in [3.05, 3.63) is 74.8 Å². The van der Waals surface area contributed by atoms with Crippen LogP contribution in [0.25, 0.3) is 22.3 Å². The van der Waals surface area contributed by atoms with E-state index in [-0.39, 0.29) is 0 Å². The first-order valence-electron chi connectivity index (χ1n) is 7.87. The van der Waals surface area contributed by atoms with Crippen LogP contribution in [0.5, 0.6) is 0 Å². The van der Waals surface area contributed by atoms with Crippen LogP contribution < -0.4 is 21.6 Å². The monoisotopic (exact) mass is 537 g/mol. The number of halogens is 5. The molecule has 1 aliphatic rings. The molecular weight excluding hydrogens is 528 g/mol. The molecule has 0 atom stereocenters. The van der Waals surface area contributed by atoms with Gasteiger partial charge in [-0.15, -0.1) is 0 Å². The van der Waals surface area contributed by atoms with Gasteiger partial charge in [-0.1, -0.05) is 54.1 Å². The van der Waals surface area contributed by atoms with E-state index in [1.54, 1.807) is 6.07 Å². The van der Waals surface area contributed by atoms with Crippen molar-refractivity contribution in [2.75, 3.05) is 0 Å². The molecule has 0 bridgehead atoms. The van der Waals surface area contributed by atoms with Crippen molar-refractivity contribution in [2.24, 2.45) is 0 Å². The third-order valence-electron chi connectivity index (χ3n) is 4.23. The van der Waals surface area contributed by atoms with Gasteiger partial charge >= 0.3 is 37.9 Å². The molecule has 0 aromatic heterocycles. The number of hydrogen-bond acceptors (Lipinski definition) is 3. The first-order valence-corrected chi connectivity index (χ1v) is 11.6. The maximum atomic E-state index is 13.2. The van der Waals surface area contributed by atoms with Crippen LogP contribution in [0.3, 0.4) is 0 Å². The predicted molar refractivity (Wildman–Crippen MR) is 94.3 cm³/mol. The maximum absolute atomic E-state index is 13.2. The van der Waals surface area contributed by atoms with Gasteiger partial charge in [0.1, 0.15) is 4.90 Å². The Morgan fingerprint density at radius 1 is 0.857 bits per heavy atom. The van der Waals surface area contributed by atoms with Crippen molar-refractivity contribution in [3.63, 3.8) is 0 Å². The molecule has 9 heteroatoms. The van der Waals surface area contributed by atoms with E-state index in [0.29, 0.717) is 14.7 Å². The van der Waals surface area contributed by atoms with E-state index in [9.17, 15) is 21.6 Å². The zero-order valence-electron chi connectivity index (χ0n) is 13.8. The SMILES string of the molecule is O=S(=O)(O[I+]c1c(Cl)ccc2c1-c1ccccc1-2)c1ccccc1C(F)(F)F. The van der Waals surface area contributed by atoms with Crippen molar-refractivity contribution in [1.29, 1.82) is 0 Å². The highest BCUT2D eigenvalue weighted by Crippen LogP contribution is 2.47. The lowest BCUT2D eigenvalue weighted by molar-refractivity contribution is -0.836. The second-order valence-corrected chi connectivity index (χ2v) is 10.4. The van der Waals surface area contributed by atoms with Crippen LogP contribution in [-0.2, 0) is 18.8 Å². The maximum Gasteiger partial charge on any atom is 0.543 e. The van der Waals surface area contributed by atoms with Gasteiger partial charge in [-0.3, -0.25) is 0 Å². The van der Waals surface area contributed by atoms with Gasteiger partial charge in [-0.25, -0.2) is 0 Å². The Bertz CT molecular complexity index is 1190. The Kier molecular flexibility index (Phi) is 4.93. The van der Waals surface area contributed by atoms with Crippen molar-refractivity contribution in [1.82, 2.24) is 0 Å². The lowest BCUT2D eigenvalue weighted by Crippen LogP contribution is -3.62. The normalized spacial score (nSPS) is 12.9. The van der Waals surface area contributed by atoms with Crippen molar-refractivity contribution in [2.45, 2.75) is 11.1 Å². The lowest BCUT2D eigenvalue weighted by atomic mass is 9.81. The molecule has 3 aromatic rings. The summed E-state index contributed by atoms with van der Waals surface area (Å²) in [6.07, 6.45) is -4.81. The van der Waals surface area contributed by atoms with Crippen LogP contribution >= 0.6 is 11.6 Å². The summed E-state index contributed by atoms with van der Waals surface area (Å²) in [5.74, 6) is 0. The summed E-state index contributed by atoms with van der Waals surface area (Å²) < 4.78 is 70.1. The minimum Gasteiger partial charge on any atom is -0.190 e. The summed E-state index contributed by atoms with van der Waals surface area (Å²) in [5.41, 5.74) is 2.41. The summed E-state index contributed by atoms with van der Waals surface area (Å²) in [5, 5.41) is 0.334. The Morgan fingerprint density at radius 3 is 2.21 bits per heavy atom. The van der Waals surface area contributed by atoms with Crippen molar-refractivity contribution >= 4 is 21.7 Å². The van der Waals surface area contributed by atoms with Gasteiger partial charge in [0.25, 0.3) is 3.57 Å². The number of fused-ring (bicyclic) bond motifs is 4. The van der Waals surface area contributed by atoms with Crippen LogP contribution in [0, 0.1) is 3.57 Å². The van der Waals surface area contributed by atoms with E-state index in [1.165, 1.54) is 6.07 Å². The number of alkyl halides is 3. The zero-order chi connectivity index (χ0) is 20.1. The predicted octanol–water partition coefficient (Wildman–Crippen LogP) is 2.59. The average Bonchev–Trinajstić information content (AvgIpc) is 2.64. The molecule has 0 saturated heterocycles. The lowest BCUT2D eigenvalue weighted by Gasteiger charge is -2.23. The standard InChI is InChI=1S/C19H10ClF3IO3S/c20-15-10-9-13-11-5-1-2-6-12(11)17(13)18(15)24-27-28(25,26)16-8-4-3-7-14(16)19(21,22)23/h1-10H/q+1. The second-order valence-electron chi connectivity index (χ2n) is 5.92. The number of hydrogen-bond donors (Lipinski definition) is 0. The van der Waals surface area contributed by atoms with Gasteiger partial charge in [-0.05, 0) is 37.4 Å². The molecule has 0 N–H and O–H groups in total. The van der Waals surface area contributed by atoms with Gasteiger partial charge in [0.2, 0.25) is 0 Å². The minimum atomic E-state index is -4.81. The first kappa shape index (κ1) is 19.7. The van der Waals surface area contributed by atoms with Gasteiger partial charge in [0.05, 0.1) is 10.6 Å². The molecule has 0 fully saturated rings. The van der Waals surface area contributed by atoms with Gasteiger partial charge in [0.15, 0.2) is 0 Å². The quantitative estimate of drug-likeness (QED) is 0.376. The molecule has 0 aliphatic heterocycles. The zero-order valence-corrected chi connectivity index (χ0v) is 17.5. The van der Waals surface area contributed by atoms with Crippen LogP contribution in [0.1, 0.15) is 5.56 Å². The highest BCUT2D eigenvalue weighted by Gasteiger charge is 2.42. The molecule has 0 unspecified atom stereocenters. The van der Waals surface area contributed by atoms with E-state index in [2.05, 4.69) is 0 Å². The van der Waals surface area contributed by atoms with Gasteiger partial charge < -0.3 is 0 Å². The second kappa shape index (κ2) is 7.01. The van der Waals surface area contributed by atoms with Crippen LogP contribution in [0.2, 0.25) is 5.02 Å². The molecule has 3 nitrogen and oxygen atoms in total. The summed E-state index contributed by atoms with van der Waals surface area (Å²) >= 11 is 4.59. The highest BCUT2D eigenvalue weighted by atomic mass is 127. The van der Waals surface area contributed by atoms with E-state index >= 15 is 0 Å². The van der Waals surface area contributed by atoms with E-state index in [4.69, 9.17) is 14.1 Å². The van der Waals surface area contributed by atoms with Crippen LogP contribution in [-0.4, -0.2) is 8.42 Å². The van der Waals surface area contributed by atoms with E-state index in [1.807, 2.05) is 30.3 Å². The summed E-state index contributed by atoms with van der Waals surface area (Å²) in [7, 11) is -4.60. The molecule has 0 amide bonds. The Balaban J connectivity index is 1.68.